The van der Waals surface area contributed by atoms with Gasteiger partial charge >= 0.3 is 0 Å². The minimum absolute atomic E-state index is 0.0469. The van der Waals surface area contributed by atoms with Crippen LogP contribution in [0.15, 0.2) is 42.1 Å². The second kappa shape index (κ2) is 10.4. The first kappa shape index (κ1) is 26.5. The molecule has 7 heteroatoms. The summed E-state index contributed by atoms with van der Waals surface area (Å²) < 4.78 is 14.7. The third-order valence-electron chi connectivity index (χ3n) is 9.26. The molecule has 1 heterocycles. The molecule has 2 fully saturated rings. The van der Waals surface area contributed by atoms with Crippen molar-refractivity contribution >= 4 is 5.91 Å². The number of rotatable bonds is 7. The lowest BCUT2D eigenvalue weighted by molar-refractivity contribution is -0.149. The van der Waals surface area contributed by atoms with Gasteiger partial charge in [0.05, 0.1) is 24.5 Å². The Morgan fingerprint density at radius 3 is 2.67 bits per heavy atom. The van der Waals surface area contributed by atoms with E-state index in [1.54, 1.807) is 29.1 Å². The molecule has 2 N–H and O–H groups in total. The fourth-order valence-electron chi connectivity index (χ4n) is 7.12. The summed E-state index contributed by atoms with van der Waals surface area (Å²) in [5.41, 5.74) is 2.61. The molecule has 2 aliphatic carbocycles. The molecule has 0 radical (unpaired) electrons. The molecule has 1 unspecified atom stereocenters. The monoisotopic (exact) mass is 496 g/mol. The van der Waals surface area contributed by atoms with Gasteiger partial charge in [-0.3, -0.25) is 4.79 Å². The van der Waals surface area contributed by atoms with Gasteiger partial charge in [0, 0.05) is 6.08 Å². The van der Waals surface area contributed by atoms with Crippen LogP contribution in [0.4, 0.5) is 4.39 Å². The number of aliphatic hydroxyl groups is 1. The van der Waals surface area contributed by atoms with Crippen LogP contribution in [0.2, 0.25) is 0 Å². The highest BCUT2D eigenvalue weighted by Gasteiger charge is 2.56. The van der Waals surface area contributed by atoms with Crippen LogP contribution < -0.4 is 5.32 Å². The summed E-state index contributed by atoms with van der Waals surface area (Å²) in [6.45, 7) is 11.7. The van der Waals surface area contributed by atoms with Crippen LogP contribution in [-0.4, -0.2) is 32.1 Å². The molecule has 6 nitrogen and oxygen atoms in total. The Morgan fingerprint density at radius 1 is 1.22 bits per heavy atom. The SMILES string of the molecule is C/C(=C\C(=O)NCc1cn(-c2ccc(F)cc2)nn1)CC[C@@H]1C(C)CC[C@@H]2C(C)(C)[C@H](O)CC[C@@]12C. The largest absolute Gasteiger partial charge is 0.393 e. The molecule has 0 saturated heterocycles. The summed E-state index contributed by atoms with van der Waals surface area (Å²) in [7, 11) is 0. The van der Waals surface area contributed by atoms with Gasteiger partial charge in [-0.2, -0.15) is 0 Å². The van der Waals surface area contributed by atoms with Gasteiger partial charge in [0.25, 0.3) is 0 Å². The zero-order chi connectivity index (χ0) is 26.1. The Kier molecular flexibility index (Phi) is 7.69. The molecule has 4 rings (SSSR count). The number of amides is 1. The van der Waals surface area contributed by atoms with Crippen LogP contribution in [0.25, 0.3) is 5.69 Å². The molecule has 0 bridgehead atoms. The minimum atomic E-state index is -0.304. The van der Waals surface area contributed by atoms with E-state index in [9.17, 15) is 14.3 Å². The Labute approximate surface area is 214 Å². The van der Waals surface area contributed by atoms with Crippen LogP contribution >= 0.6 is 0 Å². The average Bonchev–Trinajstić information content (AvgIpc) is 3.29. The Bertz CT molecular complexity index is 1090. The molecule has 2 aliphatic rings. The van der Waals surface area contributed by atoms with Gasteiger partial charge in [-0.05, 0) is 91.9 Å². The molecule has 0 aliphatic heterocycles. The van der Waals surface area contributed by atoms with Gasteiger partial charge in [0.15, 0.2) is 0 Å². The first-order valence-electron chi connectivity index (χ1n) is 13.3. The zero-order valence-corrected chi connectivity index (χ0v) is 22.3. The highest BCUT2D eigenvalue weighted by molar-refractivity contribution is 5.88. The summed E-state index contributed by atoms with van der Waals surface area (Å²) in [6.07, 6.45) is 9.55. The topological polar surface area (TPSA) is 80.0 Å². The van der Waals surface area contributed by atoms with Crippen molar-refractivity contribution in [2.24, 2.45) is 28.6 Å². The number of aromatic nitrogens is 3. The van der Waals surface area contributed by atoms with Crippen molar-refractivity contribution in [3.05, 3.63) is 53.6 Å². The first-order chi connectivity index (χ1) is 17.0. The predicted molar refractivity (Wildman–Crippen MR) is 139 cm³/mol. The summed E-state index contributed by atoms with van der Waals surface area (Å²) in [5.74, 6) is 1.35. The van der Waals surface area contributed by atoms with E-state index in [-0.39, 0.29) is 35.2 Å². The van der Waals surface area contributed by atoms with Crippen LogP contribution in [0, 0.1) is 34.4 Å². The van der Waals surface area contributed by atoms with E-state index in [0.29, 0.717) is 29.1 Å². The van der Waals surface area contributed by atoms with Gasteiger partial charge in [0.1, 0.15) is 11.5 Å². The van der Waals surface area contributed by atoms with Crippen molar-refractivity contribution in [1.82, 2.24) is 20.3 Å². The maximum Gasteiger partial charge on any atom is 0.244 e. The standard InChI is InChI=1S/C29H41FN4O2/c1-19(6-12-24-20(2)7-13-25-28(3,4)26(35)14-15-29(24,25)5)16-27(36)31-17-22-18-34(33-32-22)23-10-8-21(30)9-11-23/h8-11,16,18,20,24-26,35H,6-7,12-15,17H2,1-5H3,(H,31,36)/b19-16+/t20?,24-,25-,26-,29+/m1/s1. The van der Waals surface area contributed by atoms with E-state index in [4.69, 9.17) is 0 Å². The molecule has 0 spiro atoms. The van der Waals surface area contributed by atoms with E-state index in [2.05, 4.69) is 43.3 Å². The molecule has 36 heavy (non-hydrogen) atoms. The molecule has 1 amide bonds. The Morgan fingerprint density at radius 2 is 1.94 bits per heavy atom. The molecule has 2 aromatic rings. The van der Waals surface area contributed by atoms with Gasteiger partial charge < -0.3 is 10.4 Å². The number of carbonyl (C=O) groups excluding carboxylic acids is 1. The lowest BCUT2D eigenvalue weighted by atomic mass is 9.45. The quantitative estimate of drug-likeness (QED) is 0.489. The lowest BCUT2D eigenvalue weighted by Crippen LogP contribution is -2.55. The predicted octanol–water partition coefficient (Wildman–Crippen LogP) is 5.60. The normalized spacial score (nSPS) is 30.0. The number of hydrogen-bond donors (Lipinski definition) is 2. The maximum atomic E-state index is 13.1. The van der Waals surface area contributed by atoms with Crippen LogP contribution in [0.5, 0.6) is 0 Å². The number of halogens is 1. The fourth-order valence-corrected chi connectivity index (χ4v) is 7.12. The number of allylic oxidation sites excluding steroid dienone is 1. The smallest absolute Gasteiger partial charge is 0.244 e. The van der Waals surface area contributed by atoms with E-state index in [1.165, 1.54) is 25.0 Å². The summed E-state index contributed by atoms with van der Waals surface area (Å²) >= 11 is 0. The van der Waals surface area contributed by atoms with Gasteiger partial charge in [-0.1, -0.05) is 44.9 Å². The molecule has 1 aromatic carbocycles. The third-order valence-corrected chi connectivity index (χ3v) is 9.26. The van der Waals surface area contributed by atoms with Crippen molar-refractivity contribution < 1.29 is 14.3 Å². The number of fused-ring (bicyclic) bond motifs is 1. The van der Waals surface area contributed by atoms with Crippen LogP contribution in [0.1, 0.15) is 78.8 Å². The highest BCUT2D eigenvalue weighted by Crippen LogP contribution is 2.62. The van der Waals surface area contributed by atoms with Gasteiger partial charge in [-0.25, -0.2) is 9.07 Å². The molecule has 2 saturated carbocycles. The van der Waals surface area contributed by atoms with E-state index >= 15 is 0 Å². The molecule has 196 valence electrons. The van der Waals surface area contributed by atoms with Crippen LogP contribution in [-0.2, 0) is 11.3 Å². The Balaban J connectivity index is 1.32. The first-order valence-corrected chi connectivity index (χ1v) is 13.3. The summed E-state index contributed by atoms with van der Waals surface area (Å²) in [6, 6.07) is 6.01. The number of hydrogen-bond acceptors (Lipinski definition) is 4. The second-order valence-corrected chi connectivity index (χ2v) is 12.0. The van der Waals surface area contributed by atoms with Crippen molar-refractivity contribution in [3.63, 3.8) is 0 Å². The molecule has 5 atom stereocenters. The Hall–Kier alpha value is -2.54. The molecule has 1 aromatic heterocycles. The zero-order valence-electron chi connectivity index (χ0n) is 22.3. The van der Waals surface area contributed by atoms with Crippen molar-refractivity contribution in [2.45, 2.75) is 85.8 Å². The highest BCUT2D eigenvalue weighted by atomic mass is 19.1. The average molecular weight is 497 g/mol. The number of carbonyl (C=O) groups is 1. The maximum absolute atomic E-state index is 13.1. The number of nitrogens with zero attached hydrogens (tertiary/aromatic N) is 3. The summed E-state index contributed by atoms with van der Waals surface area (Å²) in [5, 5.41) is 21.7. The number of nitrogens with one attached hydrogen (secondary N) is 1. The number of aliphatic hydroxyl groups excluding tert-OH is 1. The number of benzene rings is 1. The van der Waals surface area contributed by atoms with Crippen molar-refractivity contribution in [2.75, 3.05) is 0 Å². The van der Waals surface area contributed by atoms with Crippen LogP contribution in [0.3, 0.4) is 0 Å². The third kappa shape index (κ3) is 5.41. The van der Waals surface area contributed by atoms with Crippen molar-refractivity contribution in [1.29, 1.82) is 0 Å². The molecular formula is C29H41FN4O2. The van der Waals surface area contributed by atoms with Crippen molar-refractivity contribution in [3.8, 4) is 5.69 Å². The fraction of sp³-hybridized carbons (Fsp3) is 0.621. The van der Waals surface area contributed by atoms with E-state index in [0.717, 1.165) is 31.3 Å². The van der Waals surface area contributed by atoms with E-state index in [1.807, 2.05) is 6.92 Å². The van der Waals surface area contributed by atoms with Gasteiger partial charge in [-0.15, -0.1) is 5.10 Å². The van der Waals surface area contributed by atoms with Gasteiger partial charge in [0.2, 0.25) is 5.91 Å². The summed E-state index contributed by atoms with van der Waals surface area (Å²) in [4.78, 5) is 12.6. The molecular weight excluding hydrogens is 455 g/mol. The second-order valence-electron chi connectivity index (χ2n) is 12.0. The minimum Gasteiger partial charge on any atom is -0.393 e. The van der Waals surface area contributed by atoms with E-state index < -0.39 is 0 Å². The lowest BCUT2D eigenvalue weighted by Gasteiger charge is -2.60.